The maximum absolute atomic E-state index is 9.77. The van der Waals surface area contributed by atoms with Gasteiger partial charge in [0.25, 0.3) is 0 Å². The van der Waals surface area contributed by atoms with Gasteiger partial charge in [-0.15, -0.1) is 0 Å². The standard InChI is InChI=1S/C12H12NO2P/c13-16-15-12-8-4-2-6-10(12)9-5-1-3-7-11(9)14/h1-8,14,16H,13H2. The summed E-state index contributed by atoms with van der Waals surface area (Å²) >= 11 is 0. The molecule has 0 heterocycles. The molecule has 0 saturated heterocycles. The molecule has 2 rings (SSSR count). The van der Waals surface area contributed by atoms with Crippen molar-refractivity contribution in [3.63, 3.8) is 0 Å². The lowest BCUT2D eigenvalue weighted by atomic mass is 10.0. The van der Waals surface area contributed by atoms with Crippen LogP contribution in [0.1, 0.15) is 0 Å². The molecule has 0 spiro atoms. The smallest absolute Gasteiger partial charge is 0.143 e. The van der Waals surface area contributed by atoms with Gasteiger partial charge in [-0.2, -0.15) is 0 Å². The summed E-state index contributed by atoms with van der Waals surface area (Å²) in [6.45, 7) is 0. The Morgan fingerprint density at radius 1 is 0.938 bits per heavy atom. The number of nitrogens with two attached hydrogens (primary N) is 1. The molecule has 0 aliphatic heterocycles. The summed E-state index contributed by atoms with van der Waals surface area (Å²) in [6, 6.07) is 14.6. The van der Waals surface area contributed by atoms with E-state index in [1.165, 1.54) is 0 Å². The third-order valence-electron chi connectivity index (χ3n) is 2.25. The lowest BCUT2D eigenvalue weighted by molar-refractivity contribution is 0.477. The van der Waals surface area contributed by atoms with Gasteiger partial charge in [-0.05, 0) is 12.1 Å². The average molecular weight is 233 g/mol. The van der Waals surface area contributed by atoms with Gasteiger partial charge in [0.05, 0.1) is 0 Å². The third kappa shape index (κ3) is 2.16. The second kappa shape index (κ2) is 4.97. The van der Waals surface area contributed by atoms with Crippen LogP contribution in [0, 0.1) is 0 Å². The highest BCUT2D eigenvalue weighted by Gasteiger charge is 2.08. The number of para-hydroxylation sites is 2. The molecule has 0 aliphatic rings. The van der Waals surface area contributed by atoms with Gasteiger partial charge in [0.2, 0.25) is 0 Å². The molecular formula is C12H12NO2P. The van der Waals surface area contributed by atoms with Crippen molar-refractivity contribution in [2.24, 2.45) is 5.50 Å². The predicted molar refractivity (Wildman–Crippen MR) is 66.7 cm³/mol. The van der Waals surface area contributed by atoms with Crippen molar-refractivity contribution in [3.05, 3.63) is 48.5 Å². The van der Waals surface area contributed by atoms with Crippen LogP contribution in [0.25, 0.3) is 11.1 Å². The number of hydrogen-bond acceptors (Lipinski definition) is 3. The maximum atomic E-state index is 9.77. The molecule has 0 bridgehead atoms. The molecule has 2 aromatic carbocycles. The molecule has 0 radical (unpaired) electrons. The van der Waals surface area contributed by atoms with E-state index in [9.17, 15) is 5.11 Å². The monoisotopic (exact) mass is 233 g/mol. The molecule has 1 unspecified atom stereocenters. The number of rotatable bonds is 3. The van der Waals surface area contributed by atoms with Gasteiger partial charge in [-0.1, -0.05) is 36.4 Å². The van der Waals surface area contributed by atoms with Crippen LogP contribution < -0.4 is 10.0 Å². The van der Waals surface area contributed by atoms with Gasteiger partial charge in [0.1, 0.15) is 20.5 Å². The molecule has 2 aromatic rings. The summed E-state index contributed by atoms with van der Waals surface area (Å²) in [5.41, 5.74) is 6.98. The van der Waals surface area contributed by atoms with Crippen LogP contribution in [-0.4, -0.2) is 5.11 Å². The normalized spacial score (nSPS) is 10.8. The van der Waals surface area contributed by atoms with E-state index in [1.807, 2.05) is 36.4 Å². The highest BCUT2D eigenvalue weighted by Crippen LogP contribution is 2.36. The number of benzene rings is 2. The van der Waals surface area contributed by atoms with Crippen LogP contribution in [0.5, 0.6) is 11.5 Å². The Kier molecular flexibility index (Phi) is 3.40. The van der Waals surface area contributed by atoms with E-state index in [0.717, 1.165) is 11.1 Å². The Labute approximate surface area is 95.8 Å². The predicted octanol–water partition coefficient (Wildman–Crippen LogP) is 2.91. The van der Waals surface area contributed by atoms with Gasteiger partial charge in [-0.3, -0.25) is 5.50 Å². The van der Waals surface area contributed by atoms with E-state index in [-0.39, 0.29) is 14.7 Å². The molecule has 0 aromatic heterocycles. The fourth-order valence-corrected chi connectivity index (χ4v) is 1.85. The Morgan fingerprint density at radius 2 is 1.56 bits per heavy atom. The van der Waals surface area contributed by atoms with Crippen molar-refractivity contribution < 1.29 is 9.63 Å². The number of aromatic hydroxyl groups is 1. The van der Waals surface area contributed by atoms with Gasteiger partial charge in [0.15, 0.2) is 0 Å². The highest BCUT2D eigenvalue weighted by molar-refractivity contribution is 7.29. The SMILES string of the molecule is NPOc1ccccc1-c1ccccc1O. The minimum Gasteiger partial charge on any atom is -0.507 e. The fourth-order valence-electron chi connectivity index (χ4n) is 1.54. The van der Waals surface area contributed by atoms with Crippen molar-refractivity contribution in [2.75, 3.05) is 0 Å². The summed E-state index contributed by atoms with van der Waals surface area (Å²) in [4.78, 5) is 0. The second-order valence-corrected chi connectivity index (χ2v) is 3.67. The van der Waals surface area contributed by atoms with Crippen LogP contribution in [0.15, 0.2) is 48.5 Å². The van der Waals surface area contributed by atoms with E-state index >= 15 is 0 Å². The number of hydrogen-bond donors (Lipinski definition) is 2. The van der Waals surface area contributed by atoms with Gasteiger partial charge >= 0.3 is 0 Å². The van der Waals surface area contributed by atoms with E-state index in [4.69, 9.17) is 10.0 Å². The lowest BCUT2D eigenvalue weighted by Crippen LogP contribution is -1.88. The largest absolute Gasteiger partial charge is 0.507 e. The fraction of sp³-hybridized carbons (Fsp3) is 0. The highest BCUT2D eigenvalue weighted by atomic mass is 31.1. The number of phenolic OH excluding ortho intramolecular Hbond substituents is 1. The zero-order valence-corrected chi connectivity index (χ0v) is 9.55. The van der Waals surface area contributed by atoms with Gasteiger partial charge in [0, 0.05) is 11.1 Å². The molecule has 4 heteroatoms. The van der Waals surface area contributed by atoms with Crippen molar-refractivity contribution in [2.45, 2.75) is 0 Å². The van der Waals surface area contributed by atoms with E-state index in [0.29, 0.717) is 5.75 Å². The molecule has 82 valence electrons. The Bertz CT molecular complexity index is 488. The van der Waals surface area contributed by atoms with Crippen LogP contribution in [-0.2, 0) is 0 Å². The summed E-state index contributed by atoms with van der Waals surface area (Å²) in [7, 11) is -0.108. The minimum absolute atomic E-state index is 0.108. The molecule has 0 fully saturated rings. The molecule has 3 N–H and O–H groups in total. The van der Waals surface area contributed by atoms with Crippen LogP contribution in [0.4, 0.5) is 0 Å². The maximum Gasteiger partial charge on any atom is 0.143 e. The van der Waals surface area contributed by atoms with Crippen molar-refractivity contribution in [1.29, 1.82) is 0 Å². The second-order valence-electron chi connectivity index (χ2n) is 3.23. The molecule has 1 atom stereocenters. The Hall–Kier alpha value is -1.57. The average Bonchev–Trinajstić information content (AvgIpc) is 2.31. The Morgan fingerprint density at radius 3 is 2.25 bits per heavy atom. The minimum atomic E-state index is -0.108. The first-order valence-electron chi connectivity index (χ1n) is 4.83. The zero-order valence-electron chi connectivity index (χ0n) is 8.55. The summed E-state index contributed by atoms with van der Waals surface area (Å²) in [6.07, 6.45) is 0. The molecule has 0 amide bonds. The lowest BCUT2D eigenvalue weighted by Gasteiger charge is -2.10. The first-order chi connectivity index (χ1) is 7.83. The van der Waals surface area contributed by atoms with E-state index < -0.39 is 0 Å². The van der Waals surface area contributed by atoms with Crippen LogP contribution in [0.2, 0.25) is 0 Å². The van der Waals surface area contributed by atoms with E-state index in [2.05, 4.69) is 0 Å². The summed E-state index contributed by atoms with van der Waals surface area (Å²) in [5.74, 6) is 0.920. The van der Waals surface area contributed by atoms with Crippen LogP contribution >= 0.6 is 8.96 Å². The van der Waals surface area contributed by atoms with Crippen molar-refractivity contribution >= 4 is 8.96 Å². The molecule has 3 nitrogen and oxygen atoms in total. The molecule has 16 heavy (non-hydrogen) atoms. The number of phenols is 1. The quantitative estimate of drug-likeness (QED) is 0.801. The van der Waals surface area contributed by atoms with E-state index in [1.54, 1.807) is 12.1 Å². The van der Waals surface area contributed by atoms with Crippen molar-refractivity contribution in [3.8, 4) is 22.6 Å². The van der Waals surface area contributed by atoms with Crippen molar-refractivity contribution in [1.82, 2.24) is 0 Å². The topological polar surface area (TPSA) is 55.5 Å². The third-order valence-corrected chi connectivity index (χ3v) is 2.59. The van der Waals surface area contributed by atoms with Crippen LogP contribution in [0.3, 0.4) is 0 Å². The first kappa shape index (κ1) is 10.9. The molecular weight excluding hydrogens is 221 g/mol. The Balaban J connectivity index is 2.51. The van der Waals surface area contributed by atoms with Gasteiger partial charge in [-0.25, -0.2) is 0 Å². The first-order valence-corrected chi connectivity index (χ1v) is 5.81. The zero-order chi connectivity index (χ0) is 11.4. The summed E-state index contributed by atoms with van der Waals surface area (Å²) < 4.78 is 5.34. The van der Waals surface area contributed by atoms with Gasteiger partial charge < -0.3 is 9.63 Å². The summed E-state index contributed by atoms with van der Waals surface area (Å²) in [5, 5.41) is 9.77. The molecule has 0 aliphatic carbocycles. The molecule has 0 saturated carbocycles.